The molecule has 3 N–H and O–H groups in total. The Hall–Kier alpha value is -3.54. The van der Waals surface area contributed by atoms with E-state index < -0.39 is 17.9 Å². The number of carbonyl (C=O) groups excluding carboxylic acids is 2. The second-order valence-corrected chi connectivity index (χ2v) is 7.03. The van der Waals surface area contributed by atoms with E-state index in [1.165, 1.54) is 31.7 Å². The first kappa shape index (κ1) is 22.2. The van der Waals surface area contributed by atoms with Crippen molar-refractivity contribution < 1.29 is 22.8 Å². The summed E-state index contributed by atoms with van der Waals surface area (Å²) in [6.45, 7) is 2.12. The number of hydrogen-bond acceptors (Lipinski definition) is 6. The van der Waals surface area contributed by atoms with Gasteiger partial charge in [-0.1, -0.05) is 0 Å². The highest BCUT2D eigenvalue weighted by atomic mass is 32.1. The van der Waals surface area contributed by atoms with Gasteiger partial charge in [-0.15, -0.1) is 11.3 Å². The molecule has 12 heteroatoms. The highest BCUT2D eigenvalue weighted by Gasteiger charge is 2.34. The minimum atomic E-state index is -4.59. The zero-order valence-corrected chi connectivity index (χ0v) is 17.2. The van der Waals surface area contributed by atoms with Crippen molar-refractivity contribution >= 4 is 29.1 Å². The van der Waals surface area contributed by atoms with E-state index in [1.54, 1.807) is 13.0 Å². The van der Waals surface area contributed by atoms with E-state index in [9.17, 15) is 22.8 Å². The predicted octanol–water partition coefficient (Wildman–Crippen LogP) is 3.79. The van der Waals surface area contributed by atoms with Crippen LogP contribution < -0.4 is 16.0 Å². The van der Waals surface area contributed by atoms with Crippen molar-refractivity contribution in [3.8, 4) is 21.7 Å². The third kappa shape index (κ3) is 5.15. The molecule has 31 heavy (non-hydrogen) atoms. The molecule has 0 aliphatic heterocycles. The molecule has 0 radical (unpaired) electrons. The Labute approximate surface area is 179 Å². The molecule has 0 saturated heterocycles. The summed E-state index contributed by atoms with van der Waals surface area (Å²) < 4.78 is 39.2. The van der Waals surface area contributed by atoms with E-state index in [0.29, 0.717) is 23.2 Å². The van der Waals surface area contributed by atoms with Crippen LogP contribution in [0.2, 0.25) is 0 Å². The molecule has 0 unspecified atom stereocenters. The number of alkyl halides is 3. The van der Waals surface area contributed by atoms with E-state index >= 15 is 0 Å². The number of amides is 3. The Morgan fingerprint density at radius 3 is 2.55 bits per heavy atom. The van der Waals surface area contributed by atoms with Crippen molar-refractivity contribution in [1.82, 2.24) is 25.6 Å². The fraction of sp³-hybridized carbons (Fsp3) is 0.211. The van der Waals surface area contributed by atoms with Gasteiger partial charge in [0.2, 0.25) is 0 Å². The molecule has 3 heterocycles. The molecule has 3 aromatic rings. The Morgan fingerprint density at radius 2 is 1.90 bits per heavy atom. The molecule has 0 aliphatic carbocycles. The summed E-state index contributed by atoms with van der Waals surface area (Å²) >= 11 is 0.804. The fourth-order valence-corrected chi connectivity index (χ4v) is 3.49. The van der Waals surface area contributed by atoms with Crippen LogP contribution in [0.5, 0.6) is 0 Å². The summed E-state index contributed by atoms with van der Waals surface area (Å²) in [5.74, 6) is -0.240. The van der Waals surface area contributed by atoms with Crippen LogP contribution in [-0.2, 0) is 6.18 Å². The lowest BCUT2D eigenvalue weighted by molar-refractivity contribution is -0.140. The molecule has 8 nitrogen and oxygen atoms in total. The number of carbonyl (C=O) groups is 2. The second-order valence-electron chi connectivity index (χ2n) is 6.18. The smallest absolute Gasteiger partial charge is 0.355 e. The van der Waals surface area contributed by atoms with Crippen LogP contribution in [0.1, 0.15) is 23.0 Å². The van der Waals surface area contributed by atoms with Gasteiger partial charge >= 0.3 is 12.2 Å². The van der Waals surface area contributed by atoms with Gasteiger partial charge < -0.3 is 10.6 Å². The highest BCUT2D eigenvalue weighted by Crippen LogP contribution is 2.38. The minimum Gasteiger partial charge on any atom is -0.355 e. The lowest BCUT2D eigenvalue weighted by Gasteiger charge is -2.11. The zero-order chi connectivity index (χ0) is 22.6. The number of anilines is 1. The van der Waals surface area contributed by atoms with E-state index in [0.717, 1.165) is 16.7 Å². The van der Waals surface area contributed by atoms with Crippen LogP contribution in [0.15, 0.2) is 36.1 Å². The third-order valence-electron chi connectivity index (χ3n) is 4.05. The summed E-state index contributed by atoms with van der Waals surface area (Å²) in [6.07, 6.45) is -0.380. The highest BCUT2D eigenvalue weighted by molar-refractivity contribution is 7.13. The molecule has 3 rings (SSSR count). The zero-order valence-electron chi connectivity index (χ0n) is 16.4. The summed E-state index contributed by atoms with van der Waals surface area (Å²) in [6, 6.07) is 2.46. The molecule has 0 fully saturated rings. The predicted molar refractivity (Wildman–Crippen MR) is 110 cm³/mol. The molecule has 3 aromatic heterocycles. The largest absolute Gasteiger partial charge is 0.434 e. The van der Waals surface area contributed by atoms with Gasteiger partial charge in [-0.05, 0) is 19.1 Å². The number of aromatic nitrogens is 3. The van der Waals surface area contributed by atoms with Crippen molar-refractivity contribution in [2.45, 2.75) is 13.1 Å². The number of nitrogens with one attached hydrogen (secondary N) is 3. The van der Waals surface area contributed by atoms with Crippen LogP contribution in [-0.4, -0.2) is 40.5 Å². The maximum atomic E-state index is 13.1. The lowest BCUT2D eigenvalue weighted by Crippen LogP contribution is -2.28. The third-order valence-corrected chi connectivity index (χ3v) is 4.92. The topological polar surface area (TPSA) is 109 Å². The molecule has 3 amide bonds. The number of thiazole rings is 1. The molecule has 0 aromatic carbocycles. The molecule has 0 atom stereocenters. The summed E-state index contributed by atoms with van der Waals surface area (Å²) in [4.78, 5) is 35.7. The molecule has 162 valence electrons. The molecular weight excluding hydrogens is 433 g/mol. The summed E-state index contributed by atoms with van der Waals surface area (Å²) in [7, 11) is 1.47. The van der Waals surface area contributed by atoms with Crippen molar-refractivity contribution in [3.63, 3.8) is 0 Å². The first-order valence-corrected chi connectivity index (χ1v) is 9.86. The molecule has 0 bridgehead atoms. The Balaban J connectivity index is 2.11. The number of pyridine rings is 2. The standard InChI is InChI=1S/C19H17F3N6O2S/c1-3-25-18(30)28-15-5-12(17-27-14(9-31-17)19(20,21)22)13(8-26-15)10-4-11(7-24-6-10)16(29)23-2/h4-9H,3H2,1-2H3,(H,23,29)(H2,25,26,28,30). The van der Waals surface area contributed by atoms with Crippen LogP contribution in [0.3, 0.4) is 0 Å². The fourth-order valence-electron chi connectivity index (χ4n) is 2.64. The summed E-state index contributed by atoms with van der Waals surface area (Å²) in [5.41, 5.74) is 0.411. The molecule has 0 spiro atoms. The number of hydrogen-bond donors (Lipinski definition) is 3. The van der Waals surface area contributed by atoms with Crippen LogP contribution in [0, 0.1) is 0 Å². The number of rotatable bonds is 5. The molecular formula is C19H17F3N6O2S. The van der Waals surface area contributed by atoms with Crippen molar-refractivity contribution in [2.75, 3.05) is 18.9 Å². The second kappa shape index (κ2) is 9.08. The van der Waals surface area contributed by atoms with E-state index in [-0.39, 0.29) is 22.3 Å². The monoisotopic (exact) mass is 450 g/mol. The van der Waals surface area contributed by atoms with E-state index in [1.807, 2.05) is 0 Å². The van der Waals surface area contributed by atoms with Crippen LogP contribution in [0.4, 0.5) is 23.8 Å². The normalized spacial score (nSPS) is 11.1. The van der Waals surface area contributed by atoms with Crippen molar-refractivity contribution in [1.29, 1.82) is 0 Å². The quantitative estimate of drug-likeness (QED) is 0.548. The van der Waals surface area contributed by atoms with Crippen molar-refractivity contribution in [3.05, 3.63) is 47.4 Å². The number of urea groups is 1. The van der Waals surface area contributed by atoms with Gasteiger partial charge in [0.25, 0.3) is 5.91 Å². The van der Waals surface area contributed by atoms with Gasteiger partial charge in [-0.25, -0.2) is 14.8 Å². The maximum absolute atomic E-state index is 13.1. The van der Waals surface area contributed by atoms with E-state index in [4.69, 9.17) is 0 Å². The number of nitrogens with zero attached hydrogens (tertiary/aromatic N) is 3. The van der Waals surface area contributed by atoms with Gasteiger partial charge in [0, 0.05) is 54.3 Å². The molecule has 0 aliphatic rings. The Kier molecular flexibility index (Phi) is 6.49. The Morgan fingerprint density at radius 1 is 1.13 bits per heavy atom. The van der Waals surface area contributed by atoms with Gasteiger partial charge in [-0.3, -0.25) is 15.1 Å². The van der Waals surface area contributed by atoms with Gasteiger partial charge in [0.1, 0.15) is 10.8 Å². The first-order chi connectivity index (χ1) is 14.7. The van der Waals surface area contributed by atoms with Gasteiger partial charge in [0.15, 0.2) is 5.69 Å². The first-order valence-electron chi connectivity index (χ1n) is 8.98. The minimum absolute atomic E-state index is 0.0778. The maximum Gasteiger partial charge on any atom is 0.434 e. The van der Waals surface area contributed by atoms with E-state index in [2.05, 4.69) is 30.9 Å². The summed E-state index contributed by atoms with van der Waals surface area (Å²) in [5, 5.41) is 8.54. The van der Waals surface area contributed by atoms with Gasteiger partial charge in [-0.2, -0.15) is 13.2 Å². The molecule has 0 saturated carbocycles. The average Bonchev–Trinajstić information content (AvgIpc) is 3.24. The van der Waals surface area contributed by atoms with Gasteiger partial charge in [0.05, 0.1) is 5.56 Å². The SMILES string of the molecule is CCNC(=O)Nc1cc(-c2nc(C(F)(F)F)cs2)c(-c2cncc(C(=O)NC)c2)cn1. The average molecular weight is 450 g/mol. The van der Waals surface area contributed by atoms with Crippen LogP contribution in [0.25, 0.3) is 21.7 Å². The van der Waals surface area contributed by atoms with Crippen molar-refractivity contribution in [2.24, 2.45) is 0 Å². The Bertz CT molecular complexity index is 1120. The van der Waals surface area contributed by atoms with Crippen LogP contribution >= 0.6 is 11.3 Å². The lowest BCUT2D eigenvalue weighted by atomic mass is 10.0. The number of halogens is 3.